The molecule has 1 heterocycles. The average molecular weight is 302 g/mol. The number of nitrogens with two attached hydrogens (primary N) is 1. The molecule has 0 radical (unpaired) electrons. The van der Waals surface area contributed by atoms with E-state index in [0.29, 0.717) is 5.56 Å². The van der Waals surface area contributed by atoms with E-state index in [0.717, 1.165) is 23.8 Å². The zero-order valence-electron chi connectivity index (χ0n) is 13.0. The van der Waals surface area contributed by atoms with Crippen molar-refractivity contribution in [3.63, 3.8) is 0 Å². The molecule has 0 spiro atoms. The minimum absolute atomic E-state index is 0.0383. The average Bonchev–Trinajstić information content (AvgIpc) is 3.36. The van der Waals surface area contributed by atoms with Gasteiger partial charge in [0.15, 0.2) is 0 Å². The monoisotopic (exact) mass is 302 g/mol. The SMILES string of the molecule is Cc1c(C(N)=O)cccc1C1(c2cncc3ccccc23)CC1. The molecule has 0 unspecified atom stereocenters. The van der Waals surface area contributed by atoms with E-state index >= 15 is 0 Å². The maximum atomic E-state index is 11.7. The van der Waals surface area contributed by atoms with Gasteiger partial charge in [-0.25, -0.2) is 0 Å². The summed E-state index contributed by atoms with van der Waals surface area (Å²) in [5, 5.41) is 2.39. The van der Waals surface area contributed by atoms with E-state index in [1.165, 1.54) is 16.5 Å². The molecule has 0 atom stereocenters. The summed E-state index contributed by atoms with van der Waals surface area (Å²) in [5.74, 6) is -0.365. The highest BCUT2D eigenvalue weighted by Crippen LogP contribution is 2.56. The fourth-order valence-corrected chi connectivity index (χ4v) is 3.73. The van der Waals surface area contributed by atoms with Gasteiger partial charge >= 0.3 is 0 Å². The molecular weight excluding hydrogens is 284 g/mol. The third kappa shape index (κ3) is 2.04. The molecule has 3 aromatic rings. The molecule has 2 aromatic carbocycles. The fraction of sp³-hybridized carbons (Fsp3) is 0.200. The Morgan fingerprint density at radius 3 is 2.57 bits per heavy atom. The first-order valence-electron chi connectivity index (χ1n) is 7.87. The van der Waals surface area contributed by atoms with Gasteiger partial charge in [-0.1, -0.05) is 36.4 Å². The van der Waals surface area contributed by atoms with Crippen LogP contribution in [0.2, 0.25) is 0 Å². The van der Waals surface area contributed by atoms with Gasteiger partial charge in [0.05, 0.1) is 0 Å². The molecule has 0 bridgehead atoms. The van der Waals surface area contributed by atoms with Gasteiger partial charge in [-0.3, -0.25) is 9.78 Å². The predicted molar refractivity (Wildman–Crippen MR) is 91.5 cm³/mol. The van der Waals surface area contributed by atoms with Crippen molar-refractivity contribution in [1.29, 1.82) is 0 Å². The molecule has 1 amide bonds. The van der Waals surface area contributed by atoms with Gasteiger partial charge in [-0.05, 0) is 47.9 Å². The summed E-state index contributed by atoms with van der Waals surface area (Å²) >= 11 is 0. The number of nitrogens with zero attached hydrogens (tertiary/aromatic N) is 1. The lowest BCUT2D eigenvalue weighted by Gasteiger charge is -2.21. The topological polar surface area (TPSA) is 56.0 Å². The highest BCUT2D eigenvalue weighted by atomic mass is 16.1. The number of hydrogen-bond donors (Lipinski definition) is 1. The van der Waals surface area contributed by atoms with Gasteiger partial charge in [0.25, 0.3) is 0 Å². The van der Waals surface area contributed by atoms with E-state index in [2.05, 4.69) is 29.2 Å². The molecule has 1 fully saturated rings. The Morgan fingerprint density at radius 2 is 1.83 bits per heavy atom. The zero-order valence-corrected chi connectivity index (χ0v) is 13.0. The molecule has 23 heavy (non-hydrogen) atoms. The van der Waals surface area contributed by atoms with Crippen molar-refractivity contribution in [1.82, 2.24) is 4.98 Å². The van der Waals surface area contributed by atoms with E-state index in [-0.39, 0.29) is 11.3 Å². The first kappa shape index (κ1) is 13.9. The Kier molecular flexibility index (Phi) is 2.98. The number of rotatable bonds is 3. The number of hydrogen-bond acceptors (Lipinski definition) is 2. The highest BCUT2D eigenvalue weighted by molar-refractivity contribution is 5.95. The summed E-state index contributed by atoms with van der Waals surface area (Å²) in [4.78, 5) is 16.1. The number of fused-ring (bicyclic) bond motifs is 1. The lowest BCUT2D eigenvalue weighted by Crippen LogP contribution is -2.17. The van der Waals surface area contributed by atoms with Crippen LogP contribution in [0.15, 0.2) is 54.9 Å². The van der Waals surface area contributed by atoms with Crippen LogP contribution in [-0.4, -0.2) is 10.9 Å². The number of primary amides is 1. The number of carbonyl (C=O) groups is 1. The summed E-state index contributed by atoms with van der Waals surface area (Å²) in [6, 6.07) is 14.2. The summed E-state index contributed by atoms with van der Waals surface area (Å²) in [7, 11) is 0. The lowest BCUT2D eigenvalue weighted by molar-refractivity contribution is 0.0999. The number of amides is 1. The Bertz CT molecular complexity index is 921. The second kappa shape index (κ2) is 4.92. The van der Waals surface area contributed by atoms with Crippen molar-refractivity contribution in [3.05, 3.63) is 77.1 Å². The minimum Gasteiger partial charge on any atom is -0.366 e. The standard InChI is InChI=1S/C20H18N2O/c1-13-15(19(21)23)7-4-8-17(13)20(9-10-20)18-12-22-11-14-5-2-3-6-16(14)18/h2-8,11-12H,9-10H2,1H3,(H2,21,23). The lowest BCUT2D eigenvalue weighted by atomic mass is 9.82. The van der Waals surface area contributed by atoms with Crippen LogP contribution in [0, 0.1) is 6.92 Å². The molecule has 2 N–H and O–H groups in total. The predicted octanol–water partition coefficient (Wildman–Crippen LogP) is 3.72. The van der Waals surface area contributed by atoms with Crippen LogP contribution >= 0.6 is 0 Å². The normalized spacial score (nSPS) is 15.5. The summed E-state index contributed by atoms with van der Waals surface area (Å²) < 4.78 is 0. The van der Waals surface area contributed by atoms with Gasteiger partial charge in [-0.15, -0.1) is 0 Å². The molecule has 3 nitrogen and oxygen atoms in total. The van der Waals surface area contributed by atoms with Crippen molar-refractivity contribution < 1.29 is 4.79 Å². The van der Waals surface area contributed by atoms with Crippen LogP contribution in [0.3, 0.4) is 0 Å². The van der Waals surface area contributed by atoms with Crippen LogP contribution in [0.25, 0.3) is 10.8 Å². The Morgan fingerprint density at radius 1 is 1.04 bits per heavy atom. The molecule has 1 saturated carbocycles. The quantitative estimate of drug-likeness (QED) is 0.801. The second-order valence-electron chi connectivity index (χ2n) is 6.33. The molecule has 1 aliphatic carbocycles. The van der Waals surface area contributed by atoms with Gasteiger partial charge in [0, 0.05) is 28.8 Å². The van der Waals surface area contributed by atoms with Crippen LogP contribution in [0.4, 0.5) is 0 Å². The van der Waals surface area contributed by atoms with Crippen molar-refractivity contribution in [2.45, 2.75) is 25.2 Å². The molecule has 4 rings (SSSR count). The van der Waals surface area contributed by atoms with E-state index < -0.39 is 0 Å². The van der Waals surface area contributed by atoms with E-state index in [1.807, 2.05) is 31.5 Å². The van der Waals surface area contributed by atoms with Crippen LogP contribution in [0.5, 0.6) is 0 Å². The number of carbonyl (C=O) groups excluding carboxylic acids is 1. The molecule has 114 valence electrons. The smallest absolute Gasteiger partial charge is 0.248 e. The second-order valence-corrected chi connectivity index (χ2v) is 6.33. The molecule has 0 saturated heterocycles. The van der Waals surface area contributed by atoms with Gasteiger partial charge in [0.2, 0.25) is 5.91 Å². The first-order valence-corrected chi connectivity index (χ1v) is 7.87. The molecule has 0 aliphatic heterocycles. The van der Waals surface area contributed by atoms with Crippen molar-refractivity contribution in [3.8, 4) is 0 Å². The largest absolute Gasteiger partial charge is 0.366 e. The summed E-state index contributed by atoms with van der Waals surface area (Å²) in [6.45, 7) is 1.99. The first-order chi connectivity index (χ1) is 11.1. The van der Waals surface area contributed by atoms with E-state index in [4.69, 9.17) is 5.73 Å². The van der Waals surface area contributed by atoms with E-state index in [9.17, 15) is 4.79 Å². The molecular formula is C20H18N2O. The molecule has 3 heteroatoms. The third-order valence-electron chi connectivity index (χ3n) is 5.05. The number of pyridine rings is 1. The van der Waals surface area contributed by atoms with Crippen molar-refractivity contribution in [2.75, 3.05) is 0 Å². The molecule has 1 aromatic heterocycles. The fourth-order valence-electron chi connectivity index (χ4n) is 3.73. The number of aromatic nitrogens is 1. The molecule has 1 aliphatic rings. The van der Waals surface area contributed by atoms with Crippen LogP contribution in [-0.2, 0) is 5.41 Å². The van der Waals surface area contributed by atoms with Crippen molar-refractivity contribution >= 4 is 16.7 Å². The maximum absolute atomic E-state index is 11.7. The van der Waals surface area contributed by atoms with Crippen molar-refractivity contribution in [2.24, 2.45) is 5.73 Å². The van der Waals surface area contributed by atoms with Gasteiger partial charge < -0.3 is 5.73 Å². The summed E-state index contributed by atoms with van der Waals surface area (Å²) in [5.41, 5.74) is 9.54. The van der Waals surface area contributed by atoms with E-state index in [1.54, 1.807) is 6.07 Å². The van der Waals surface area contributed by atoms with Crippen LogP contribution < -0.4 is 5.73 Å². The Balaban J connectivity index is 1.95. The summed E-state index contributed by atoms with van der Waals surface area (Å²) in [6.07, 6.45) is 6.03. The highest BCUT2D eigenvalue weighted by Gasteiger charge is 2.48. The third-order valence-corrected chi connectivity index (χ3v) is 5.05. The Labute approximate surface area is 135 Å². The minimum atomic E-state index is -0.365. The van der Waals surface area contributed by atoms with Gasteiger partial charge in [-0.2, -0.15) is 0 Å². The van der Waals surface area contributed by atoms with Gasteiger partial charge in [0.1, 0.15) is 0 Å². The number of benzene rings is 2. The zero-order chi connectivity index (χ0) is 16.0. The van der Waals surface area contributed by atoms with Crippen LogP contribution in [0.1, 0.15) is 39.9 Å². The Hall–Kier alpha value is -2.68. The maximum Gasteiger partial charge on any atom is 0.248 e.